The van der Waals surface area contributed by atoms with Crippen LogP contribution in [0.2, 0.25) is 0 Å². The van der Waals surface area contributed by atoms with Gasteiger partial charge in [-0.05, 0) is 48.0 Å². The number of methoxy groups -OCH3 is 2. The van der Waals surface area contributed by atoms with Crippen molar-refractivity contribution in [3.63, 3.8) is 0 Å². The lowest BCUT2D eigenvalue weighted by molar-refractivity contribution is 0.122. The minimum Gasteiger partial charge on any atom is -0.493 e. The second-order valence-corrected chi connectivity index (χ2v) is 6.55. The van der Waals surface area contributed by atoms with Gasteiger partial charge < -0.3 is 23.6 Å². The zero-order valence-corrected chi connectivity index (χ0v) is 16.5. The van der Waals surface area contributed by atoms with Crippen molar-refractivity contribution in [1.29, 1.82) is 0 Å². The zero-order chi connectivity index (χ0) is 20.1. The van der Waals surface area contributed by atoms with E-state index >= 15 is 0 Å². The number of rotatable bonds is 6. The number of hydrogen-bond acceptors (Lipinski definition) is 7. The highest BCUT2D eigenvalue weighted by Gasteiger charge is 2.12. The maximum Gasteiger partial charge on any atom is 0.250 e. The van der Waals surface area contributed by atoms with Gasteiger partial charge in [-0.25, -0.2) is 0 Å². The van der Waals surface area contributed by atoms with Crippen molar-refractivity contribution in [3.05, 3.63) is 53.9 Å². The summed E-state index contributed by atoms with van der Waals surface area (Å²) in [6, 6.07) is 13.9. The minimum absolute atomic E-state index is 0.437. The van der Waals surface area contributed by atoms with Crippen molar-refractivity contribution in [1.82, 2.24) is 10.1 Å². The van der Waals surface area contributed by atoms with E-state index in [1.54, 1.807) is 20.3 Å². The first-order valence-corrected chi connectivity index (χ1v) is 9.44. The van der Waals surface area contributed by atoms with Gasteiger partial charge >= 0.3 is 0 Å². The first-order valence-electron chi connectivity index (χ1n) is 9.44. The highest BCUT2D eigenvalue weighted by molar-refractivity contribution is 5.69. The van der Waals surface area contributed by atoms with E-state index in [0.29, 0.717) is 23.2 Å². The summed E-state index contributed by atoms with van der Waals surface area (Å²) in [6.45, 7) is 3.35. The van der Waals surface area contributed by atoms with Crippen molar-refractivity contribution in [2.45, 2.75) is 0 Å². The Morgan fingerprint density at radius 3 is 2.41 bits per heavy atom. The lowest BCUT2D eigenvalue weighted by Gasteiger charge is -2.28. The summed E-state index contributed by atoms with van der Waals surface area (Å²) < 4.78 is 21.3. The first kappa shape index (κ1) is 19.0. The lowest BCUT2D eigenvalue weighted by atomic mass is 10.1. The van der Waals surface area contributed by atoms with Gasteiger partial charge in [-0.1, -0.05) is 11.2 Å². The van der Waals surface area contributed by atoms with Crippen LogP contribution in [0.4, 0.5) is 5.69 Å². The molecule has 0 unspecified atom stereocenters. The van der Waals surface area contributed by atoms with E-state index in [0.717, 1.165) is 37.4 Å². The molecule has 2 aromatic carbocycles. The predicted molar refractivity (Wildman–Crippen MR) is 111 cm³/mol. The van der Waals surface area contributed by atoms with Gasteiger partial charge in [-0.15, -0.1) is 0 Å². The van der Waals surface area contributed by atoms with Gasteiger partial charge in [-0.2, -0.15) is 4.98 Å². The molecule has 29 heavy (non-hydrogen) atoms. The number of hydrogen-bond donors (Lipinski definition) is 0. The van der Waals surface area contributed by atoms with Gasteiger partial charge in [0.1, 0.15) is 0 Å². The lowest BCUT2D eigenvalue weighted by Crippen LogP contribution is -2.36. The van der Waals surface area contributed by atoms with Gasteiger partial charge in [0.05, 0.1) is 27.4 Å². The van der Waals surface area contributed by atoms with Gasteiger partial charge in [0.2, 0.25) is 5.82 Å². The predicted octanol–water partition coefficient (Wildman–Crippen LogP) is 3.76. The maximum absolute atomic E-state index is 5.40. The molecule has 7 heteroatoms. The quantitative estimate of drug-likeness (QED) is 0.631. The molecule has 1 aromatic heterocycles. The Morgan fingerprint density at radius 2 is 1.69 bits per heavy atom. The molecule has 0 spiro atoms. The van der Waals surface area contributed by atoms with Crippen molar-refractivity contribution in [2.24, 2.45) is 0 Å². The normalized spacial score (nSPS) is 14.3. The Balaban J connectivity index is 1.46. The highest BCUT2D eigenvalue weighted by atomic mass is 16.5. The van der Waals surface area contributed by atoms with Gasteiger partial charge in [-0.3, -0.25) is 0 Å². The van der Waals surface area contributed by atoms with Crippen molar-refractivity contribution < 1.29 is 18.7 Å². The Labute approximate surface area is 169 Å². The van der Waals surface area contributed by atoms with Crippen LogP contribution in [-0.2, 0) is 4.74 Å². The minimum atomic E-state index is 0.437. The molecule has 0 radical (unpaired) electrons. The molecule has 1 fully saturated rings. The van der Waals surface area contributed by atoms with E-state index in [1.165, 1.54) is 5.69 Å². The summed E-state index contributed by atoms with van der Waals surface area (Å²) in [5.74, 6) is 2.35. The van der Waals surface area contributed by atoms with E-state index in [9.17, 15) is 0 Å². The Morgan fingerprint density at radius 1 is 0.931 bits per heavy atom. The molecule has 150 valence electrons. The Bertz CT molecular complexity index is 976. The molecule has 7 nitrogen and oxygen atoms in total. The molecule has 0 aliphatic carbocycles. The van der Waals surface area contributed by atoms with Crippen LogP contribution in [0.25, 0.3) is 23.5 Å². The van der Waals surface area contributed by atoms with Crippen molar-refractivity contribution in [3.8, 4) is 22.9 Å². The topological polar surface area (TPSA) is 69.9 Å². The third kappa shape index (κ3) is 4.41. The SMILES string of the molecule is COc1ccc(C=Cc2nc(-c3ccc(N4CCOCC4)cc3)no2)cc1OC. The van der Waals surface area contributed by atoms with Crippen LogP contribution in [-0.4, -0.2) is 50.7 Å². The van der Waals surface area contributed by atoms with Crippen molar-refractivity contribution >= 4 is 17.8 Å². The summed E-state index contributed by atoms with van der Waals surface area (Å²) in [5, 5.41) is 4.09. The van der Waals surface area contributed by atoms with Crippen LogP contribution in [0.3, 0.4) is 0 Å². The molecule has 1 aliphatic rings. The van der Waals surface area contributed by atoms with E-state index < -0.39 is 0 Å². The third-order valence-electron chi connectivity index (χ3n) is 4.77. The van der Waals surface area contributed by atoms with Crippen molar-refractivity contribution in [2.75, 3.05) is 45.4 Å². The fourth-order valence-electron chi connectivity index (χ4n) is 3.19. The van der Waals surface area contributed by atoms with Gasteiger partial charge in [0, 0.05) is 30.4 Å². The molecule has 0 saturated carbocycles. The molecule has 0 bridgehead atoms. The van der Waals surface area contributed by atoms with E-state index in [1.807, 2.05) is 36.4 Å². The molecule has 0 atom stereocenters. The summed E-state index contributed by atoms with van der Waals surface area (Å²) in [7, 11) is 3.22. The standard InChI is InChI=1S/C22H23N3O4/c1-26-19-9-3-16(15-20(19)27-2)4-10-21-23-22(24-29-21)17-5-7-18(8-6-17)25-11-13-28-14-12-25/h3-10,15H,11-14H2,1-2H3. The summed E-state index contributed by atoms with van der Waals surface area (Å²) in [6.07, 6.45) is 3.67. The summed E-state index contributed by atoms with van der Waals surface area (Å²) in [4.78, 5) is 6.77. The molecule has 0 amide bonds. The number of benzene rings is 2. The third-order valence-corrected chi connectivity index (χ3v) is 4.77. The first-order chi connectivity index (χ1) is 14.3. The van der Waals surface area contributed by atoms with E-state index in [-0.39, 0.29) is 0 Å². The second kappa shape index (κ2) is 8.79. The summed E-state index contributed by atoms with van der Waals surface area (Å²) in [5.41, 5.74) is 3.03. The zero-order valence-electron chi connectivity index (χ0n) is 16.5. The second-order valence-electron chi connectivity index (χ2n) is 6.55. The highest BCUT2D eigenvalue weighted by Crippen LogP contribution is 2.28. The smallest absolute Gasteiger partial charge is 0.250 e. The molecular weight excluding hydrogens is 370 g/mol. The fourth-order valence-corrected chi connectivity index (χ4v) is 3.19. The summed E-state index contributed by atoms with van der Waals surface area (Å²) >= 11 is 0. The molecule has 4 rings (SSSR count). The molecular formula is C22H23N3O4. The van der Waals surface area contributed by atoms with Gasteiger partial charge in [0.15, 0.2) is 11.5 Å². The monoisotopic (exact) mass is 393 g/mol. The van der Waals surface area contributed by atoms with Crippen LogP contribution in [0, 0.1) is 0 Å². The number of nitrogens with zero attached hydrogens (tertiary/aromatic N) is 3. The van der Waals surface area contributed by atoms with Crippen LogP contribution in [0.5, 0.6) is 11.5 Å². The van der Waals surface area contributed by atoms with Gasteiger partial charge in [0.25, 0.3) is 5.89 Å². The Hall–Kier alpha value is -3.32. The number of anilines is 1. The number of aromatic nitrogens is 2. The fraction of sp³-hybridized carbons (Fsp3) is 0.273. The van der Waals surface area contributed by atoms with E-state index in [4.69, 9.17) is 18.7 Å². The van der Waals surface area contributed by atoms with Crippen LogP contribution in [0.15, 0.2) is 47.0 Å². The number of morpholine rings is 1. The molecule has 1 saturated heterocycles. The van der Waals surface area contributed by atoms with Crippen LogP contribution in [0.1, 0.15) is 11.5 Å². The average molecular weight is 393 g/mol. The van der Waals surface area contributed by atoms with E-state index in [2.05, 4.69) is 27.2 Å². The molecule has 2 heterocycles. The molecule has 0 N–H and O–H groups in total. The molecule has 3 aromatic rings. The largest absolute Gasteiger partial charge is 0.493 e. The average Bonchev–Trinajstić information content (AvgIpc) is 3.27. The van der Waals surface area contributed by atoms with Crippen LogP contribution >= 0.6 is 0 Å². The Kier molecular flexibility index (Phi) is 5.76. The van der Waals surface area contributed by atoms with Crippen LogP contribution < -0.4 is 14.4 Å². The number of ether oxygens (including phenoxy) is 3. The maximum atomic E-state index is 5.40. The molecule has 1 aliphatic heterocycles.